The Morgan fingerprint density at radius 3 is 1.32 bits per heavy atom. The standard InChI is InChI=1S/C18H13OS.C18H15S.C16H14F4O4S.C8H16F2O3S/c1-2-8-14(9-3-1)20-17-12-6-4-10-15(17)19-16-11-5-7-13-18(16)20;1-4-10-16(11-5-1)19(17-12-6-2-7-13-17)18-14-8-3-9-15-18;1-3-8(2)9-4-6-10(7-5-9)24-15-11(17)13(19)16(25(21,22)23)14(20)12(15)18;1-5-7(3,4)6(2)8(9,10)14(11,12)13/h1-13H;1-15H;4-8H,3H2,1-2H3,(H,21,22,23);6H,5H2,1-4H3,(H,11,12,13)/q2*+1;;/p-2. The van der Waals surface area contributed by atoms with Gasteiger partial charge in [-0.1, -0.05) is 157 Å². The first-order valence-corrected chi connectivity index (χ1v) is 29.7. The van der Waals surface area contributed by atoms with Gasteiger partial charge < -0.3 is 18.6 Å². The van der Waals surface area contributed by atoms with Crippen LogP contribution in [0.1, 0.15) is 65.9 Å². The number of benzene rings is 8. The third-order valence-electron chi connectivity index (χ3n) is 12.9. The topological polar surface area (TPSA) is 133 Å². The first-order valence-electron chi connectivity index (χ1n) is 24.4. The highest BCUT2D eigenvalue weighted by atomic mass is 32.2. The molecule has 78 heavy (non-hydrogen) atoms. The van der Waals surface area contributed by atoms with E-state index in [0.717, 1.165) is 30.4 Å². The van der Waals surface area contributed by atoms with Gasteiger partial charge in [0.15, 0.2) is 52.8 Å². The summed E-state index contributed by atoms with van der Waals surface area (Å²) >= 11 is 0. The van der Waals surface area contributed by atoms with Crippen molar-refractivity contribution in [3.8, 4) is 23.0 Å². The van der Waals surface area contributed by atoms with Crippen LogP contribution in [0.2, 0.25) is 0 Å². The summed E-state index contributed by atoms with van der Waals surface area (Å²) < 4.78 is 156. The molecule has 8 aromatic carbocycles. The van der Waals surface area contributed by atoms with Crippen molar-refractivity contribution in [1.82, 2.24) is 0 Å². The summed E-state index contributed by atoms with van der Waals surface area (Å²) in [6, 6.07) is 65.4. The Hall–Kier alpha value is -6.54. The summed E-state index contributed by atoms with van der Waals surface area (Å²) in [5, 5.41) is -4.20. The molecule has 0 spiro atoms. The fraction of sp³-hybridized carbons (Fsp3) is 0.200. The zero-order valence-electron chi connectivity index (χ0n) is 43.2. The number of hydrogen-bond acceptors (Lipinski definition) is 8. The largest absolute Gasteiger partial charge is 0.744 e. The van der Waals surface area contributed by atoms with E-state index >= 15 is 0 Å². The molecule has 0 bridgehead atoms. The van der Waals surface area contributed by atoms with E-state index in [0.29, 0.717) is 6.42 Å². The summed E-state index contributed by atoms with van der Waals surface area (Å²) in [7, 11) is -11.4. The van der Waals surface area contributed by atoms with Crippen LogP contribution >= 0.6 is 0 Å². The van der Waals surface area contributed by atoms with Crippen molar-refractivity contribution in [2.75, 3.05) is 0 Å². The monoisotopic (exact) mass is 1150 g/mol. The van der Waals surface area contributed by atoms with Gasteiger partial charge in [0.25, 0.3) is 0 Å². The third kappa shape index (κ3) is 14.6. The van der Waals surface area contributed by atoms with Crippen LogP contribution in [0.5, 0.6) is 23.0 Å². The van der Waals surface area contributed by atoms with E-state index in [1.807, 2.05) is 38.1 Å². The first kappa shape index (κ1) is 60.7. The van der Waals surface area contributed by atoms with Gasteiger partial charge in [0.2, 0.25) is 27.2 Å². The highest BCUT2D eigenvalue weighted by Gasteiger charge is 2.50. The zero-order chi connectivity index (χ0) is 57.0. The molecule has 1 aliphatic heterocycles. The average Bonchev–Trinajstić information content (AvgIpc) is 3.46. The molecule has 0 saturated carbocycles. The molecule has 0 saturated heterocycles. The Kier molecular flexibility index (Phi) is 20.5. The van der Waals surface area contributed by atoms with Gasteiger partial charge in [-0.3, -0.25) is 0 Å². The Morgan fingerprint density at radius 1 is 0.564 bits per heavy atom. The number of rotatable bonds is 13. The number of halogens is 6. The zero-order valence-corrected chi connectivity index (χ0v) is 46.5. The molecule has 8 aromatic rings. The van der Waals surface area contributed by atoms with Gasteiger partial charge >= 0.3 is 5.25 Å². The van der Waals surface area contributed by atoms with Crippen molar-refractivity contribution >= 4 is 42.0 Å². The van der Waals surface area contributed by atoms with Gasteiger partial charge in [-0.05, 0) is 108 Å². The molecule has 0 aromatic heterocycles. The Labute approximate surface area is 458 Å². The van der Waals surface area contributed by atoms with E-state index in [1.54, 1.807) is 19.1 Å². The van der Waals surface area contributed by atoms with Crippen LogP contribution in [0.15, 0.2) is 228 Å². The minimum atomic E-state index is -5.75. The average molecular weight is 1150 g/mol. The number of ether oxygens (including phenoxy) is 2. The van der Waals surface area contributed by atoms with Gasteiger partial charge in [-0.15, -0.1) is 0 Å². The van der Waals surface area contributed by atoms with Crippen molar-refractivity contribution in [2.45, 2.75) is 99.8 Å². The van der Waals surface area contributed by atoms with E-state index in [2.05, 4.69) is 146 Å². The summed E-state index contributed by atoms with van der Waals surface area (Å²) in [5.41, 5.74) is 0.0296. The Balaban J connectivity index is 0.000000171. The summed E-state index contributed by atoms with van der Waals surface area (Å²) in [5.74, 6) is -9.82. The van der Waals surface area contributed by atoms with Gasteiger partial charge in [0.1, 0.15) is 31.7 Å². The number of fused-ring (bicyclic) bond motifs is 2. The van der Waals surface area contributed by atoms with Crippen LogP contribution in [-0.2, 0) is 42.0 Å². The molecule has 2 unspecified atom stereocenters. The van der Waals surface area contributed by atoms with Crippen LogP contribution in [0.3, 0.4) is 0 Å². The molecule has 0 fully saturated rings. The maximum absolute atomic E-state index is 13.9. The van der Waals surface area contributed by atoms with Crippen molar-refractivity contribution < 1.29 is 61.8 Å². The van der Waals surface area contributed by atoms with E-state index < -0.39 is 70.7 Å². The third-order valence-corrected chi connectivity index (χ3v) is 19.3. The number of para-hydroxylation sites is 2. The van der Waals surface area contributed by atoms with Crippen molar-refractivity contribution in [3.05, 3.63) is 223 Å². The number of alkyl halides is 2. The maximum atomic E-state index is 13.9. The molecule has 0 aliphatic carbocycles. The second kappa shape index (κ2) is 26.4. The van der Waals surface area contributed by atoms with E-state index in [4.69, 9.17) is 9.47 Å². The van der Waals surface area contributed by atoms with Crippen LogP contribution in [0.4, 0.5) is 26.3 Å². The lowest BCUT2D eigenvalue weighted by Crippen LogP contribution is -2.42. The first-order chi connectivity index (χ1) is 36.9. The molecule has 2 atom stereocenters. The van der Waals surface area contributed by atoms with E-state index in [-0.39, 0.29) is 33.5 Å². The van der Waals surface area contributed by atoms with Crippen molar-refractivity contribution in [1.29, 1.82) is 0 Å². The normalized spacial score (nSPS) is 13.1. The lowest BCUT2D eigenvalue weighted by molar-refractivity contribution is -0.0304. The second-order valence-electron chi connectivity index (χ2n) is 18.3. The maximum Gasteiger partial charge on any atom is 0.337 e. The predicted molar refractivity (Wildman–Crippen MR) is 290 cm³/mol. The van der Waals surface area contributed by atoms with Crippen molar-refractivity contribution in [2.24, 2.45) is 11.3 Å². The molecule has 410 valence electrons. The van der Waals surface area contributed by atoms with Gasteiger partial charge in [-0.2, -0.15) is 17.6 Å². The summed E-state index contributed by atoms with van der Waals surface area (Å²) in [4.78, 5) is 5.71. The molecule has 8 nitrogen and oxygen atoms in total. The summed E-state index contributed by atoms with van der Waals surface area (Å²) in [6.45, 7) is 9.70. The SMILES string of the molecule is CCC(C)(C)C(C)C(F)(F)S(=O)(=O)[O-].CCC(C)c1ccc(Oc2c(F)c(F)c(S(=O)(=O)[O-])c(F)c2F)cc1.c1ccc([S+](c2ccccc2)c2ccccc2)cc1.c1ccc([S+]2c3ccccc3Oc3ccccc32)cc1. The quantitative estimate of drug-likeness (QED) is 0.0482. The Bertz CT molecular complexity index is 3300. The van der Waals surface area contributed by atoms with E-state index in [1.165, 1.54) is 55.4 Å². The molecular formula is C60H56F6O8S4. The van der Waals surface area contributed by atoms with Gasteiger partial charge in [0, 0.05) is 5.92 Å². The van der Waals surface area contributed by atoms with Crippen LogP contribution in [0.25, 0.3) is 0 Å². The lowest BCUT2D eigenvalue weighted by Gasteiger charge is -2.37. The Morgan fingerprint density at radius 2 is 0.949 bits per heavy atom. The molecular weight excluding hydrogens is 1090 g/mol. The molecule has 0 amide bonds. The predicted octanol–water partition coefficient (Wildman–Crippen LogP) is 16.3. The minimum absolute atomic E-state index is 0.0146. The fourth-order valence-corrected chi connectivity index (χ4v) is 13.3. The molecule has 18 heteroatoms. The minimum Gasteiger partial charge on any atom is -0.744 e. The lowest BCUT2D eigenvalue weighted by atomic mass is 9.78. The highest BCUT2D eigenvalue weighted by Crippen LogP contribution is 2.47. The second-order valence-corrected chi connectivity index (χ2v) is 25.0. The summed E-state index contributed by atoms with van der Waals surface area (Å²) in [6.07, 6.45) is 1.23. The van der Waals surface area contributed by atoms with E-state index in [9.17, 15) is 52.3 Å². The van der Waals surface area contributed by atoms with Crippen LogP contribution in [0, 0.1) is 34.6 Å². The molecule has 1 heterocycles. The highest BCUT2D eigenvalue weighted by molar-refractivity contribution is 7.97. The molecule has 1 aliphatic rings. The molecule has 0 N–H and O–H groups in total. The van der Waals surface area contributed by atoms with Crippen LogP contribution < -0.4 is 9.47 Å². The molecule has 9 rings (SSSR count). The van der Waals surface area contributed by atoms with Gasteiger partial charge in [0.05, 0.1) is 10.9 Å². The fourth-order valence-electron chi connectivity index (χ4n) is 7.63. The van der Waals surface area contributed by atoms with Crippen LogP contribution in [-0.4, -0.2) is 31.2 Å². The van der Waals surface area contributed by atoms with Gasteiger partial charge in [-0.25, -0.2) is 25.6 Å². The van der Waals surface area contributed by atoms with Crippen molar-refractivity contribution in [3.63, 3.8) is 0 Å². The molecule has 0 radical (unpaired) electrons. The smallest absolute Gasteiger partial charge is 0.337 e. The number of hydrogen-bond donors (Lipinski definition) is 0.